The van der Waals surface area contributed by atoms with Crippen LogP contribution < -0.4 is 5.32 Å². The van der Waals surface area contributed by atoms with Gasteiger partial charge in [-0.05, 0) is 30.9 Å². The number of hydrogen-bond donors (Lipinski definition) is 1. The van der Waals surface area contributed by atoms with Crippen molar-refractivity contribution in [2.24, 2.45) is 0 Å². The van der Waals surface area contributed by atoms with Gasteiger partial charge in [0.05, 0.1) is 13.2 Å². The Bertz CT molecular complexity index is 338. The summed E-state index contributed by atoms with van der Waals surface area (Å²) in [7, 11) is 0. The Kier molecular flexibility index (Phi) is 6.84. The van der Waals surface area contributed by atoms with Crippen LogP contribution in [0.2, 0.25) is 0 Å². The maximum atomic E-state index is 10.9. The molecule has 5 heteroatoms. The predicted octanol–water partition coefficient (Wildman–Crippen LogP) is 1.73. The molecule has 0 radical (unpaired) electrons. The summed E-state index contributed by atoms with van der Waals surface area (Å²) in [5.74, 6) is -0.304. The van der Waals surface area contributed by atoms with E-state index in [0.717, 1.165) is 13.1 Å². The molecular weight excluding hydrogens is 238 g/mol. The van der Waals surface area contributed by atoms with E-state index in [1.54, 1.807) is 18.3 Å². The molecule has 96 valence electrons. The fraction of sp³-hybridized carbons (Fsp3) is 0.583. The molecule has 1 aromatic heterocycles. The molecule has 4 nitrogen and oxygen atoms in total. The van der Waals surface area contributed by atoms with E-state index in [1.165, 1.54) is 10.4 Å². The third-order valence-electron chi connectivity index (χ3n) is 2.20. The van der Waals surface area contributed by atoms with Gasteiger partial charge in [0.15, 0.2) is 0 Å². The molecule has 0 bridgehead atoms. The van der Waals surface area contributed by atoms with Crippen molar-refractivity contribution in [3.05, 3.63) is 21.9 Å². The van der Waals surface area contributed by atoms with Crippen LogP contribution in [0.4, 0.5) is 0 Å². The molecule has 0 aliphatic carbocycles. The summed E-state index contributed by atoms with van der Waals surface area (Å²) < 4.78 is 9.90. The van der Waals surface area contributed by atoms with E-state index in [1.807, 2.05) is 0 Å². The normalized spacial score (nSPS) is 10.5. The van der Waals surface area contributed by atoms with Crippen molar-refractivity contribution in [3.63, 3.8) is 0 Å². The molecule has 0 aromatic carbocycles. The quantitative estimate of drug-likeness (QED) is 0.569. The molecule has 1 heterocycles. The number of esters is 1. The number of carbonyl (C=O) groups excluding carboxylic acids is 1. The van der Waals surface area contributed by atoms with Gasteiger partial charge in [-0.25, -0.2) is 4.79 Å². The Morgan fingerprint density at radius 3 is 3.00 bits per heavy atom. The third-order valence-corrected chi connectivity index (χ3v) is 3.23. The van der Waals surface area contributed by atoms with Gasteiger partial charge in [0, 0.05) is 18.0 Å². The lowest BCUT2D eigenvalue weighted by Gasteiger charge is -2.05. The van der Waals surface area contributed by atoms with Crippen LogP contribution in [-0.4, -0.2) is 32.3 Å². The number of carbonyl (C=O) groups is 1. The fourth-order valence-electron chi connectivity index (χ4n) is 1.29. The molecule has 0 saturated heterocycles. The second kappa shape index (κ2) is 8.22. The lowest BCUT2D eigenvalue weighted by molar-refractivity contribution is -0.148. The van der Waals surface area contributed by atoms with Gasteiger partial charge in [-0.3, -0.25) is 0 Å². The van der Waals surface area contributed by atoms with E-state index in [-0.39, 0.29) is 12.6 Å². The molecule has 0 aliphatic heterocycles. The zero-order valence-corrected chi connectivity index (χ0v) is 11.1. The van der Waals surface area contributed by atoms with E-state index < -0.39 is 0 Å². The molecule has 1 aromatic rings. The van der Waals surface area contributed by atoms with E-state index in [4.69, 9.17) is 9.47 Å². The summed E-state index contributed by atoms with van der Waals surface area (Å²) >= 11 is 1.75. The highest BCUT2D eigenvalue weighted by atomic mass is 32.1. The van der Waals surface area contributed by atoms with Crippen LogP contribution in [-0.2, 0) is 20.8 Å². The molecular formula is C12H19NO3S. The van der Waals surface area contributed by atoms with E-state index in [0.29, 0.717) is 13.2 Å². The Hall–Kier alpha value is -0.910. The van der Waals surface area contributed by atoms with Crippen LogP contribution >= 0.6 is 11.3 Å². The van der Waals surface area contributed by atoms with Crippen LogP contribution in [0, 0.1) is 6.92 Å². The topological polar surface area (TPSA) is 47.6 Å². The molecule has 0 amide bonds. The van der Waals surface area contributed by atoms with Gasteiger partial charge >= 0.3 is 5.97 Å². The number of hydrogen-bond acceptors (Lipinski definition) is 5. The Balaban J connectivity index is 1.98. The number of rotatable bonds is 8. The number of aryl methyl sites for hydroxylation is 1. The average Bonchev–Trinajstić information content (AvgIpc) is 2.70. The third kappa shape index (κ3) is 5.81. The molecule has 0 fully saturated rings. The predicted molar refractivity (Wildman–Crippen MR) is 68.2 cm³/mol. The summed E-state index contributed by atoms with van der Waals surface area (Å²) in [6.07, 6.45) is 0. The zero-order chi connectivity index (χ0) is 12.5. The van der Waals surface area contributed by atoms with Gasteiger partial charge in [-0.2, -0.15) is 0 Å². The molecule has 0 spiro atoms. The number of nitrogens with one attached hydrogen (secondary N) is 1. The van der Waals surface area contributed by atoms with Crippen LogP contribution in [0.3, 0.4) is 0 Å². The molecule has 0 unspecified atom stereocenters. The van der Waals surface area contributed by atoms with Gasteiger partial charge in [0.25, 0.3) is 0 Å². The first-order valence-electron chi connectivity index (χ1n) is 5.71. The van der Waals surface area contributed by atoms with Crippen molar-refractivity contribution in [2.45, 2.75) is 20.4 Å². The second-order valence-corrected chi connectivity index (χ2v) is 4.56. The highest BCUT2D eigenvalue weighted by Crippen LogP contribution is 2.14. The van der Waals surface area contributed by atoms with Crippen LogP contribution in [0.1, 0.15) is 17.4 Å². The minimum absolute atomic E-state index is 0.0353. The Morgan fingerprint density at radius 1 is 1.53 bits per heavy atom. The first-order chi connectivity index (χ1) is 8.24. The first kappa shape index (κ1) is 14.2. The summed E-state index contributed by atoms with van der Waals surface area (Å²) in [5, 5.41) is 5.35. The maximum Gasteiger partial charge on any atom is 0.332 e. The smallest absolute Gasteiger partial charge is 0.332 e. The minimum Gasteiger partial charge on any atom is -0.464 e. The molecule has 1 N–H and O–H groups in total. The van der Waals surface area contributed by atoms with Crippen molar-refractivity contribution >= 4 is 17.3 Å². The summed E-state index contributed by atoms with van der Waals surface area (Å²) in [6, 6.07) is 2.11. The van der Waals surface area contributed by atoms with Crippen LogP contribution in [0.5, 0.6) is 0 Å². The molecule has 1 rings (SSSR count). The van der Waals surface area contributed by atoms with Gasteiger partial charge < -0.3 is 14.8 Å². The standard InChI is InChI=1S/C12H19NO3S/c1-3-16-12(14)9-15-6-5-13-8-11-10(2)4-7-17-11/h4,7,13H,3,5-6,8-9H2,1-2H3. The molecule has 0 saturated carbocycles. The summed E-state index contributed by atoms with van der Waals surface area (Å²) in [5.41, 5.74) is 1.31. The average molecular weight is 257 g/mol. The van der Waals surface area contributed by atoms with Crippen molar-refractivity contribution in [1.82, 2.24) is 5.32 Å². The van der Waals surface area contributed by atoms with Crippen molar-refractivity contribution in [2.75, 3.05) is 26.4 Å². The van der Waals surface area contributed by atoms with Crippen molar-refractivity contribution < 1.29 is 14.3 Å². The second-order valence-electron chi connectivity index (χ2n) is 3.56. The highest BCUT2D eigenvalue weighted by Gasteiger charge is 2.01. The SMILES string of the molecule is CCOC(=O)COCCNCc1sccc1C. The largest absolute Gasteiger partial charge is 0.464 e. The minimum atomic E-state index is -0.304. The van der Waals surface area contributed by atoms with Crippen LogP contribution in [0.15, 0.2) is 11.4 Å². The van der Waals surface area contributed by atoms with E-state index in [9.17, 15) is 4.79 Å². The highest BCUT2D eigenvalue weighted by molar-refractivity contribution is 7.10. The Labute approximate surface area is 106 Å². The van der Waals surface area contributed by atoms with Gasteiger partial charge in [-0.15, -0.1) is 11.3 Å². The summed E-state index contributed by atoms with van der Waals surface area (Å²) in [4.78, 5) is 12.3. The monoisotopic (exact) mass is 257 g/mol. The number of thiophene rings is 1. The molecule has 17 heavy (non-hydrogen) atoms. The lowest BCUT2D eigenvalue weighted by atomic mass is 10.3. The van der Waals surface area contributed by atoms with Gasteiger partial charge in [0.1, 0.15) is 6.61 Å². The molecule has 0 aliphatic rings. The zero-order valence-electron chi connectivity index (χ0n) is 10.3. The van der Waals surface area contributed by atoms with Crippen molar-refractivity contribution in [1.29, 1.82) is 0 Å². The maximum absolute atomic E-state index is 10.9. The lowest BCUT2D eigenvalue weighted by Crippen LogP contribution is -2.21. The van der Waals surface area contributed by atoms with Crippen molar-refractivity contribution in [3.8, 4) is 0 Å². The molecule has 0 atom stereocenters. The first-order valence-corrected chi connectivity index (χ1v) is 6.59. The fourth-order valence-corrected chi connectivity index (χ4v) is 2.17. The Morgan fingerprint density at radius 2 is 2.35 bits per heavy atom. The van der Waals surface area contributed by atoms with Crippen LogP contribution in [0.25, 0.3) is 0 Å². The van der Waals surface area contributed by atoms with E-state index >= 15 is 0 Å². The van der Waals surface area contributed by atoms with E-state index in [2.05, 4.69) is 23.7 Å². The number of ether oxygens (including phenoxy) is 2. The summed E-state index contributed by atoms with van der Waals surface area (Å²) in [6.45, 7) is 6.42. The van der Waals surface area contributed by atoms with Gasteiger partial charge in [0.2, 0.25) is 0 Å². The van der Waals surface area contributed by atoms with Gasteiger partial charge in [-0.1, -0.05) is 0 Å².